The summed E-state index contributed by atoms with van der Waals surface area (Å²) in [7, 11) is 0. The van der Waals surface area contributed by atoms with Crippen LogP contribution in [-0.4, -0.2) is 42.9 Å². The van der Waals surface area contributed by atoms with Crippen LogP contribution in [-0.2, 0) is 14.9 Å². The highest BCUT2D eigenvalue weighted by Gasteiger charge is 2.35. The fourth-order valence-electron chi connectivity index (χ4n) is 2.21. The molecule has 1 saturated heterocycles. The van der Waals surface area contributed by atoms with Crippen LogP contribution in [0.5, 0.6) is 0 Å². The highest BCUT2D eigenvalue weighted by Crippen LogP contribution is 2.26. The molecule has 7 heteroatoms. The zero-order valence-electron chi connectivity index (χ0n) is 12.1. The van der Waals surface area contributed by atoms with Crippen LogP contribution in [0, 0.1) is 5.92 Å². The average Bonchev–Trinajstić information content (AvgIpc) is 3.07. The Morgan fingerprint density at radius 3 is 2.86 bits per heavy atom. The van der Waals surface area contributed by atoms with Crippen molar-refractivity contribution < 1.29 is 19.4 Å². The topological polar surface area (TPSA) is 87.7 Å². The van der Waals surface area contributed by atoms with Crippen LogP contribution in [0.25, 0.3) is 0 Å². The fraction of sp³-hybridized carbons (Fsp3) is 0.571. The van der Waals surface area contributed by atoms with Gasteiger partial charge in [0, 0.05) is 16.8 Å². The maximum Gasteiger partial charge on any atom is 0.315 e. The molecular weight excluding hydrogens is 292 g/mol. The van der Waals surface area contributed by atoms with E-state index in [0.717, 1.165) is 0 Å². The number of carbonyl (C=O) groups is 2. The number of carboxylic acid groups (broad SMARTS) is 1. The van der Waals surface area contributed by atoms with E-state index in [9.17, 15) is 9.59 Å². The van der Waals surface area contributed by atoms with E-state index in [1.807, 2.05) is 17.5 Å². The molecule has 0 spiro atoms. The predicted molar refractivity (Wildman–Crippen MR) is 79.6 cm³/mol. The first-order valence-corrected chi connectivity index (χ1v) is 7.67. The van der Waals surface area contributed by atoms with E-state index in [0.29, 0.717) is 6.54 Å². The van der Waals surface area contributed by atoms with Gasteiger partial charge >= 0.3 is 12.0 Å². The highest BCUT2D eigenvalue weighted by atomic mass is 32.1. The minimum atomic E-state index is -0.947. The standard InChI is InChI=1S/C14H20N2O4S/c1-14(2,11-4-3-5-21-11)8-15-13(19)16-10-7-20-6-9(10)12(17)18/h3-5,9-10H,6-8H2,1-2H3,(H,17,18)(H2,15,16,19). The van der Waals surface area contributed by atoms with E-state index < -0.39 is 17.9 Å². The lowest BCUT2D eigenvalue weighted by molar-refractivity contribution is -0.142. The summed E-state index contributed by atoms with van der Waals surface area (Å²) in [5, 5.41) is 16.5. The molecule has 0 aromatic carbocycles. The third kappa shape index (κ3) is 3.95. The van der Waals surface area contributed by atoms with Crippen LogP contribution < -0.4 is 10.6 Å². The predicted octanol–water partition coefficient (Wildman–Crippen LogP) is 1.42. The van der Waals surface area contributed by atoms with Gasteiger partial charge in [-0.15, -0.1) is 11.3 Å². The van der Waals surface area contributed by atoms with Crippen molar-refractivity contribution in [3.8, 4) is 0 Å². The Balaban J connectivity index is 1.84. The van der Waals surface area contributed by atoms with E-state index in [1.165, 1.54) is 4.88 Å². The first-order chi connectivity index (χ1) is 9.90. The number of urea groups is 1. The lowest BCUT2D eigenvalue weighted by atomic mass is 9.91. The third-order valence-electron chi connectivity index (χ3n) is 3.59. The van der Waals surface area contributed by atoms with Gasteiger partial charge in [-0.05, 0) is 11.4 Å². The maximum absolute atomic E-state index is 11.9. The summed E-state index contributed by atoms with van der Waals surface area (Å²) < 4.78 is 5.11. The van der Waals surface area contributed by atoms with Crippen molar-refractivity contribution in [2.24, 2.45) is 5.92 Å². The Hall–Kier alpha value is -1.60. The minimum absolute atomic E-state index is 0.140. The number of carbonyl (C=O) groups excluding carboxylic acids is 1. The van der Waals surface area contributed by atoms with Gasteiger partial charge in [0.25, 0.3) is 0 Å². The number of ether oxygens (including phenoxy) is 1. The van der Waals surface area contributed by atoms with Gasteiger partial charge < -0.3 is 20.5 Å². The van der Waals surface area contributed by atoms with Crippen LogP contribution >= 0.6 is 11.3 Å². The lowest BCUT2D eigenvalue weighted by Gasteiger charge is -2.24. The molecule has 6 nitrogen and oxygen atoms in total. The Morgan fingerprint density at radius 2 is 2.24 bits per heavy atom. The van der Waals surface area contributed by atoms with Crippen LogP contribution in [0.2, 0.25) is 0 Å². The Morgan fingerprint density at radius 1 is 1.48 bits per heavy atom. The van der Waals surface area contributed by atoms with Gasteiger partial charge in [-0.1, -0.05) is 19.9 Å². The van der Waals surface area contributed by atoms with Crippen molar-refractivity contribution in [2.45, 2.75) is 25.3 Å². The maximum atomic E-state index is 11.9. The Bertz CT molecular complexity index is 501. The van der Waals surface area contributed by atoms with Gasteiger partial charge in [-0.25, -0.2) is 4.79 Å². The summed E-state index contributed by atoms with van der Waals surface area (Å²) in [4.78, 5) is 24.1. The molecule has 21 heavy (non-hydrogen) atoms. The molecule has 1 aliphatic rings. The molecule has 1 aromatic rings. The molecule has 0 aliphatic carbocycles. The van der Waals surface area contributed by atoms with Gasteiger partial charge in [0.1, 0.15) is 5.92 Å². The molecular formula is C14H20N2O4S. The van der Waals surface area contributed by atoms with E-state index in [2.05, 4.69) is 24.5 Å². The third-order valence-corrected chi connectivity index (χ3v) is 4.83. The average molecular weight is 312 g/mol. The highest BCUT2D eigenvalue weighted by molar-refractivity contribution is 7.10. The Labute approximate surface area is 127 Å². The van der Waals surface area contributed by atoms with Crippen molar-refractivity contribution in [1.82, 2.24) is 10.6 Å². The summed E-state index contributed by atoms with van der Waals surface area (Å²) in [6.07, 6.45) is 0. The largest absolute Gasteiger partial charge is 0.481 e. The SMILES string of the molecule is CC(C)(CNC(=O)NC1COCC1C(=O)O)c1cccs1. The number of hydrogen-bond acceptors (Lipinski definition) is 4. The molecule has 116 valence electrons. The van der Waals surface area contributed by atoms with Gasteiger partial charge in [0.05, 0.1) is 19.3 Å². The molecule has 2 rings (SSSR count). The minimum Gasteiger partial charge on any atom is -0.481 e. The van der Waals surface area contributed by atoms with Crippen LogP contribution in [0.3, 0.4) is 0 Å². The van der Waals surface area contributed by atoms with E-state index in [-0.39, 0.29) is 24.7 Å². The molecule has 1 fully saturated rings. The normalized spacial score (nSPS) is 22.0. The summed E-state index contributed by atoms with van der Waals surface area (Å²) >= 11 is 1.65. The smallest absolute Gasteiger partial charge is 0.315 e. The Kier molecular flexibility index (Phi) is 4.84. The number of nitrogens with one attached hydrogen (secondary N) is 2. The fourth-order valence-corrected chi connectivity index (χ4v) is 3.06. The van der Waals surface area contributed by atoms with Gasteiger partial charge in [-0.2, -0.15) is 0 Å². The molecule has 1 aliphatic heterocycles. The monoisotopic (exact) mass is 312 g/mol. The van der Waals surface area contributed by atoms with Gasteiger partial charge in [-0.3, -0.25) is 4.79 Å². The molecule has 0 bridgehead atoms. The molecule has 2 heterocycles. The lowest BCUT2D eigenvalue weighted by Crippen LogP contribution is -2.49. The number of rotatable bonds is 5. The first-order valence-electron chi connectivity index (χ1n) is 6.79. The second-order valence-corrected chi connectivity index (χ2v) is 6.72. The zero-order chi connectivity index (χ0) is 15.5. The summed E-state index contributed by atoms with van der Waals surface area (Å²) in [5.74, 6) is -1.63. The number of aliphatic carboxylic acids is 1. The summed E-state index contributed by atoms with van der Waals surface area (Å²) in [6.45, 7) is 4.96. The quantitative estimate of drug-likeness (QED) is 0.767. The molecule has 0 radical (unpaired) electrons. The number of hydrogen-bond donors (Lipinski definition) is 3. The first kappa shape index (κ1) is 15.8. The second-order valence-electron chi connectivity index (χ2n) is 5.78. The number of amides is 2. The number of thiophene rings is 1. The summed E-state index contributed by atoms with van der Waals surface area (Å²) in [6, 6.07) is 3.18. The molecule has 1 aromatic heterocycles. The molecule has 2 amide bonds. The van der Waals surface area contributed by atoms with Gasteiger partial charge in [0.15, 0.2) is 0 Å². The molecule has 2 unspecified atom stereocenters. The van der Waals surface area contributed by atoms with Crippen LogP contribution in [0.4, 0.5) is 4.79 Å². The second kappa shape index (κ2) is 6.44. The molecule has 0 saturated carbocycles. The van der Waals surface area contributed by atoms with Gasteiger partial charge in [0.2, 0.25) is 0 Å². The molecule has 2 atom stereocenters. The van der Waals surface area contributed by atoms with Crippen LogP contribution in [0.1, 0.15) is 18.7 Å². The van der Waals surface area contributed by atoms with Crippen molar-refractivity contribution in [3.63, 3.8) is 0 Å². The number of carboxylic acids is 1. The van der Waals surface area contributed by atoms with E-state index >= 15 is 0 Å². The van der Waals surface area contributed by atoms with Crippen molar-refractivity contribution in [1.29, 1.82) is 0 Å². The van der Waals surface area contributed by atoms with Crippen molar-refractivity contribution in [3.05, 3.63) is 22.4 Å². The zero-order valence-corrected chi connectivity index (χ0v) is 12.9. The summed E-state index contributed by atoms with van der Waals surface area (Å²) in [5.41, 5.74) is -0.163. The van der Waals surface area contributed by atoms with Crippen molar-refractivity contribution in [2.75, 3.05) is 19.8 Å². The van der Waals surface area contributed by atoms with E-state index in [4.69, 9.17) is 9.84 Å². The van der Waals surface area contributed by atoms with E-state index in [1.54, 1.807) is 11.3 Å². The van der Waals surface area contributed by atoms with Crippen LogP contribution in [0.15, 0.2) is 17.5 Å². The van der Waals surface area contributed by atoms with Crippen molar-refractivity contribution >= 4 is 23.3 Å². The molecule has 3 N–H and O–H groups in total.